The lowest BCUT2D eigenvalue weighted by Crippen LogP contribution is -2.43. The molecular weight excluding hydrogens is 252 g/mol. The zero-order valence-electron chi connectivity index (χ0n) is 12.5. The average molecular weight is 276 g/mol. The van der Waals surface area contributed by atoms with Crippen LogP contribution in [0.2, 0.25) is 0 Å². The first-order chi connectivity index (χ1) is 9.42. The van der Waals surface area contributed by atoms with E-state index in [0.29, 0.717) is 6.04 Å². The molecule has 0 atom stereocenters. The van der Waals surface area contributed by atoms with Gasteiger partial charge in [0.25, 0.3) is 5.91 Å². The van der Waals surface area contributed by atoms with Crippen LogP contribution in [0.15, 0.2) is 24.3 Å². The lowest BCUT2D eigenvalue weighted by Gasteiger charge is -2.20. The summed E-state index contributed by atoms with van der Waals surface area (Å²) in [7, 11) is 0. The molecule has 1 fully saturated rings. The van der Waals surface area contributed by atoms with Crippen molar-refractivity contribution in [2.45, 2.75) is 51.7 Å². The summed E-state index contributed by atoms with van der Waals surface area (Å²) in [6.07, 6.45) is 2.56. The monoisotopic (exact) mass is 276 g/mol. The molecular formula is C16H24N2O2. The van der Waals surface area contributed by atoms with Crippen LogP contribution >= 0.6 is 0 Å². The van der Waals surface area contributed by atoms with Crippen LogP contribution in [0.1, 0.15) is 39.2 Å². The van der Waals surface area contributed by atoms with Gasteiger partial charge in [-0.3, -0.25) is 4.79 Å². The Balaban J connectivity index is 1.79. The van der Waals surface area contributed by atoms with Gasteiger partial charge in [0, 0.05) is 18.1 Å². The van der Waals surface area contributed by atoms with Gasteiger partial charge in [-0.2, -0.15) is 0 Å². The Bertz CT molecular complexity index is 462. The molecule has 0 radical (unpaired) electrons. The van der Waals surface area contributed by atoms with E-state index in [0.717, 1.165) is 12.3 Å². The number of benzene rings is 1. The van der Waals surface area contributed by atoms with Crippen LogP contribution in [0.5, 0.6) is 5.75 Å². The first-order valence-corrected chi connectivity index (χ1v) is 7.18. The third-order valence-corrected chi connectivity index (χ3v) is 2.96. The number of nitrogens with one attached hydrogen (secondary N) is 2. The largest absolute Gasteiger partial charge is 0.484 e. The number of hydrogen-bond acceptors (Lipinski definition) is 3. The van der Waals surface area contributed by atoms with Crippen molar-refractivity contribution in [3.63, 3.8) is 0 Å². The van der Waals surface area contributed by atoms with Crippen molar-refractivity contribution in [1.29, 1.82) is 0 Å². The second kappa shape index (κ2) is 6.27. The summed E-state index contributed by atoms with van der Waals surface area (Å²) in [4.78, 5) is 11.7. The molecule has 110 valence electrons. The Hall–Kier alpha value is -1.55. The molecule has 4 nitrogen and oxygen atoms in total. The smallest absolute Gasteiger partial charge is 0.258 e. The molecule has 1 aromatic rings. The molecule has 0 saturated heterocycles. The molecule has 1 saturated carbocycles. The van der Waals surface area contributed by atoms with Gasteiger partial charge in [-0.1, -0.05) is 12.1 Å². The van der Waals surface area contributed by atoms with Crippen LogP contribution in [0, 0.1) is 0 Å². The summed E-state index contributed by atoms with van der Waals surface area (Å²) in [6.45, 7) is 6.77. The maximum atomic E-state index is 11.7. The molecule has 0 aliphatic heterocycles. The normalized spacial score (nSPS) is 14.9. The molecule has 4 heteroatoms. The van der Waals surface area contributed by atoms with E-state index in [1.54, 1.807) is 0 Å². The molecule has 1 aliphatic carbocycles. The molecule has 0 bridgehead atoms. The van der Waals surface area contributed by atoms with Crippen molar-refractivity contribution in [2.75, 3.05) is 6.61 Å². The number of amides is 1. The number of carbonyl (C=O) groups is 1. The lowest BCUT2D eigenvalue weighted by atomic mass is 10.1. The van der Waals surface area contributed by atoms with Crippen molar-refractivity contribution in [2.24, 2.45) is 0 Å². The lowest BCUT2D eigenvalue weighted by molar-refractivity contribution is -0.124. The van der Waals surface area contributed by atoms with Gasteiger partial charge < -0.3 is 15.4 Å². The molecule has 0 spiro atoms. The maximum absolute atomic E-state index is 11.7. The van der Waals surface area contributed by atoms with Crippen molar-refractivity contribution in [3.05, 3.63) is 29.8 Å². The van der Waals surface area contributed by atoms with Crippen LogP contribution in [0.25, 0.3) is 0 Å². The Morgan fingerprint density at radius 1 is 1.35 bits per heavy atom. The molecule has 2 N–H and O–H groups in total. The summed E-state index contributed by atoms with van der Waals surface area (Å²) in [5.41, 5.74) is 0.960. The molecule has 20 heavy (non-hydrogen) atoms. The van der Waals surface area contributed by atoms with Crippen LogP contribution in [-0.4, -0.2) is 24.1 Å². The summed E-state index contributed by atoms with van der Waals surface area (Å²) in [5, 5.41) is 6.34. The summed E-state index contributed by atoms with van der Waals surface area (Å²) >= 11 is 0. The quantitative estimate of drug-likeness (QED) is 0.837. The fraction of sp³-hybridized carbons (Fsp3) is 0.562. The van der Waals surface area contributed by atoms with Crippen LogP contribution < -0.4 is 15.4 Å². The number of carbonyl (C=O) groups excluding carboxylic acids is 1. The molecule has 1 amide bonds. The summed E-state index contributed by atoms with van der Waals surface area (Å²) in [6, 6.07) is 8.58. The Morgan fingerprint density at radius 3 is 2.75 bits per heavy atom. The number of ether oxygens (including phenoxy) is 1. The molecule has 0 unspecified atom stereocenters. The highest BCUT2D eigenvalue weighted by Gasteiger charge is 2.20. The Kier molecular flexibility index (Phi) is 4.65. The van der Waals surface area contributed by atoms with E-state index in [2.05, 4.69) is 16.7 Å². The topological polar surface area (TPSA) is 50.4 Å². The highest BCUT2D eigenvalue weighted by Crippen LogP contribution is 2.20. The fourth-order valence-corrected chi connectivity index (χ4v) is 1.90. The van der Waals surface area contributed by atoms with E-state index in [-0.39, 0.29) is 18.1 Å². The highest BCUT2D eigenvalue weighted by molar-refractivity contribution is 5.78. The summed E-state index contributed by atoms with van der Waals surface area (Å²) in [5.74, 6) is 0.642. The third-order valence-electron chi connectivity index (χ3n) is 2.96. The van der Waals surface area contributed by atoms with Crippen molar-refractivity contribution < 1.29 is 9.53 Å². The zero-order chi connectivity index (χ0) is 14.6. The van der Waals surface area contributed by atoms with E-state index in [1.807, 2.05) is 39.0 Å². The molecule has 1 aliphatic rings. The van der Waals surface area contributed by atoms with Crippen molar-refractivity contribution in [1.82, 2.24) is 10.6 Å². The molecule has 2 rings (SSSR count). The van der Waals surface area contributed by atoms with E-state index in [1.165, 1.54) is 18.4 Å². The van der Waals surface area contributed by atoms with E-state index >= 15 is 0 Å². The number of rotatable bonds is 6. The average Bonchev–Trinajstić information content (AvgIpc) is 3.16. The van der Waals surface area contributed by atoms with E-state index < -0.39 is 0 Å². The second-order valence-corrected chi connectivity index (χ2v) is 6.39. The van der Waals surface area contributed by atoms with Gasteiger partial charge in [-0.05, 0) is 51.3 Å². The fourth-order valence-electron chi connectivity index (χ4n) is 1.90. The summed E-state index contributed by atoms with van der Waals surface area (Å²) < 4.78 is 5.54. The molecule has 0 heterocycles. The molecule has 0 aromatic heterocycles. The van der Waals surface area contributed by atoms with Gasteiger partial charge in [0.15, 0.2) is 6.61 Å². The first kappa shape index (κ1) is 14.9. The van der Waals surface area contributed by atoms with Crippen LogP contribution in [-0.2, 0) is 11.3 Å². The molecule has 1 aromatic carbocycles. The first-order valence-electron chi connectivity index (χ1n) is 7.18. The predicted molar refractivity (Wildman–Crippen MR) is 79.7 cm³/mol. The minimum Gasteiger partial charge on any atom is -0.484 e. The zero-order valence-corrected chi connectivity index (χ0v) is 12.5. The highest BCUT2D eigenvalue weighted by atomic mass is 16.5. The predicted octanol–water partition coefficient (Wildman–Crippen LogP) is 2.23. The Labute approximate surface area is 120 Å². The van der Waals surface area contributed by atoms with Gasteiger partial charge in [0.1, 0.15) is 5.75 Å². The van der Waals surface area contributed by atoms with Crippen LogP contribution in [0.3, 0.4) is 0 Å². The SMILES string of the molecule is CC(C)(C)NC(=O)COc1cccc(CNC2CC2)c1. The van der Waals surface area contributed by atoms with Gasteiger partial charge in [-0.15, -0.1) is 0 Å². The van der Waals surface area contributed by atoms with E-state index in [4.69, 9.17) is 4.74 Å². The van der Waals surface area contributed by atoms with Crippen molar-refractivity contribution in [3.8, 4) is 5.75 Å². The third kappa shape index (κ3) is 5.61. The van der Waals surface area contributed by atoms with Gasteiger partial charge in [-0.25, -0.2) is 0 Å². The van der Waals surface area contributed by atoms with E-state index in [9.17, 15) is 4.79 Å². The Morgan fingerprint density at radius 2 is 2.10 bits per heavy atom. The number of hydrogen-bond donors (Lipinski definition) is 2. The van der Waals surface area contributed by atoms with Gasteiger partial charge >= 0.3 is 0 Å². The minimum atomic E-state index is -0.226. The standard InChI is InChI=1S/C16H24N2O2/c1-16(2,3)18-15(19)11-20-14-6-4-5-12(9-14)10-17-13-7-8-13/h4-6,9,13,17H,7-8,10-11H2,1-3H3,(H,18,19). The van der Waals surface area contributed by atoms with Gasteiger partial charge in [0.2, 0.25) is 0 Å². The maximum Gasteiger partial charge on any atom is 0.258 e. The van der Waals surface area contributed by atoms with Crippen molar-refractivity contribution >= 4 is 5.91 Å². The van der Waals surface area contributed by atoms with Crippen LogP contribution in [0.4, 0.5) is 0 Å². The minimum absolute atomic E-state index is 0.0524. The second-order valence-electron chi connectivity index (χ2n) is 6.39. The van der Waals surface area contributed by atoms with Gasteiger partial charge in [0.05, 0.1) is 0 Å².